The van der Waals surface area contributed by atoms with Crippen molar-refractivity contribution in [3.63, 3.8) is 0 Å². The number of imide groups is 1. The molecule has 5 rings (SSSR count). The lowest BCUT2D eigenvalue weighted by molar-refractivity contribution is -0.123. The zero-order valence-electron chi connectivity index (χ0n) is 14.4. The van der Waals surface area contributed by atoms with E-state index >= 15 is 0 Å². The van der Waals surface area contributed by atoms with Crippen molar-refractivity contribution in [2.45, 2.75) is 6.42 Å². The number of hydrogen-bond donors (Lipinski definition) is 0. The Balaban J connectivity index is 1.49. The molecule has 4 atom stereocenters. The largest absolute Gasteiger partial charge is 0.455 e. The molecule has 2 amide bonds. The van der Waals surface area contributed by atoms with E-state index in [1.54, 1.807) is 48.5 Å². The van der Waals surface area contributed by atoms with Crippen LogP contribution in [0.25, 0.3) is 0 Å². The second-order valence-electron chi connectivity index (χ2n) is 7.22. The molecule has 2 aromatic carbocycles. The fourth-order valence-electron chi connectivity index (χ4n) is 4.59. The molecule has 27 heavy (non-hydrogen) atoms. The van der Waals surface area contributed by atoms with Gasteiger partial charge >= 0.3 is 0 Å². The zero-order valence-corrected chi connectivity index (χ0v) is 14.4. The minimum absolute atomic E-state index is 0.127. The number of para-hydroxylation sites is 2. The predicted molar refractivity (Wildman–Crippen MR) is 97.9 cm³/mol. The van der Waals surface area contributed by atoms with Gasteiger partial charge in [-0.3, -0.25) is 9.59 Å². The molecule has 0 N–H and O–H groups in total. The standard InChI is InChI=1S/C22H16N2O3/c23-12-13-5-9-16(10-6-13)27-18-4-2-1-3-17(18)24-21(25)19-14-7-8-15(11-14)20(19)22(24)26/h1-10,14-15,19-20H,11H2. The van der Waals surface area contributed by atoms with Crippen molar-refractivity contribution in [1.29, 1.82) is 5.26 Å². The highest BCUT2D eigenvalue weighted by Crippen LogP contribution is 2.54. The van der Waals surface area contributed by atoms with Crippen LogP contribution in [0.4, 0.5) is 5.69 Å². The number of fused-ring (bicyclic) bond motifs is 5. The smallest absolute Gasteiger partial charge is 0.238 e. The number of hydrogen-bond acceptors (Lipinski definition) is 4. The normalized spacial score (nSPS) is 27.7. The van der Waals surface area contributed by atoms with Crippen LogP contribution >= 0.6 is 0 Å². The molecule has 132 valence electrons. The van der Waals surface area contributed by atoms with E-state index in [4.69, 9.17) is 10.00 Å². The van der Waals surface area contributed by atoms with Gasteiger partial charge in [0.2, 0.25) is 11.8 Å². The summed E-state index contributed by atoms with van der Waals surface area (Å²) in [7, 11) is 0. The molecule has 0 radical (unpaired) electrons. The topological polar surface area (TPSA) is 70.4 Å². The third-order valence-electron chi connectivity index (χ3n) is 5.79. The monoisotopic (exact) mass is 356 g/mol. The van der Waals surface area contributed by atoms with Crippen LogP contribution in [0.3, 0.4) is 0 Å². The Hall–Kier alpha value is -3.39. The van der Waals surface area contributed by atoms with Crippen molar-refractivity contribution in [2.75, 3.05) is 4.90 Å². The van der Waals surface area contributed by atoms with Crippen molar-refractivity contribution in [3.05, 3.63) is 66.2 Å². The molecule has 3 aliphatic rings. The van der Waals surface area contributed by atoms with Gasteiger partial charge in [0, 0.05) is 0 Å². The highest BCUT2D eigenvalue weighted by molar-refractivity contribution is 6.23. The van der Waals surface area contributed by atoms with Crippen LogP contribution in [0, 0.1) is 35.0 Å². The van der Waals surface area contributed by atoms with E-state index in [-0.39, 0.29) is 35.5 Å². The average molecular weight is 356 g/mol. The number of carbonyl (C=O) groups is 2. The van der Waals surface area contributed by atoms with Crippen LogP contribution in [0.15, 0.2) is 60.7 Å². The highest BCUT2D eigenvalue weighted by Gasteiger charge is 2.59. The summed E-state index contributed by atoms with van der Waals surface area (Å²) in [6, 6.07) is 15.9. The predicted octanol–water partition coefficient (Wildman–Crippen LogP) is 3.66. The van der Waals surface area contributed by atoms with E-state index in [2.05, 4.69) is 18.2 Å². The molecule has 1 aliphatic heterocycles. The number of nitrogens with zero attached hydrogens (tertiary/aromatic N) is 2. The summed E-state index contributed by atoms with van der Waals surface area (Å²) < 4.78 is 5.94. The molecule has 4 unspecified atom stereocenters. The molecule has 1 saturated heterocycles. The van der Waals surface area contributed by atoms with E-state index in [1.165, 1.54) is 4.90 Å². The van der Waals surface area contributed by atoms with Gasteiger partial charge in [0.05, 0.1) is 29.2 Å². The molecule has 2 aliphatic carbocycles. The Morgan fingerprint density at radius 1 is 0.926 bits per heavy atom. The maximum atomic E-state index is 13.1. The van der Waals surface area contributed by atoms with E-state index in [0.717, 1.165) is 6.42 Å². The molecule has 0 spiro atoms. The first-order chi connectivity index (χ1) is 13.2. The van der Waals surface area contributed by atoms with Crippen LogP contribution < -0.4 is 9.64 Å². The molecule has 2 fully saturated rings. The quantitative estimate of drug-likeness (QED) is 0.622. The Morgan fingerprint density at radius 3 is 2.19 bits per heavy atom. The number of allylic oxidation sites excluding steroid dienone is 2. The molecule has 0 aromatic heterocycles. The van der Waals surface area contributed by atoms with Crippen molar-refractivity contribution in [3.8, 4) is 17.6 Å². The van der Waals surface area contributed by atoms with Crippen LogP contribution in [0.5, 0.6) is 11.5 Å². The molecule has 5 nitrogen and oxygen atoms in total. The third-order valence-corrected chi connectivity index (χ3v) is 5.79. The van der Waals surface area contributed by atoms with Gasteiger partial charge in [-0.25, -0.2) is 4.90 Å². The van der Waals surface area contributed by atoms with Gasteiger partial charge in [-0.05, 0) is 54.7 Å². The van der Waals surface area contributed by atoms with Crippen molar-refractivity contribution in [2.24, 2.45) is 23.7 Å². The molecular weight excluding hydrogens is 340 g/mol. The first-order valence-corrected chi connectivity index (χ1v) is 9.00. The van der Waals surface area contributed by atoms with E-state index in [9.17, 15) is 9.59 Å². The number of anilines is 1. The van der Waals surface area contributed by atoms with Crippen molar-refractivity contribution in [1.82, 2.24) is 0 Å². The second-order valence-corrected chi connectivity index (χ2v) is 7.22. The lowest BCUT2D eigenvalue weighted by atomic mass is 9.85. The van der Waals surface area contributed by atoms with Gasteiger partial charge in [0.15, 0.2) is 5.75 Å². The van der Waals surface area contributed by atoms with Gasteiger partial charge in [-0.15, -0.1) is 0 Å². The number of ether oxygens (including phenoxy) is 1. The van der Waals surface area contributed by atoms with Gasteiger partial charge in [-0.1, -0.05) is 24.3 Å². The molecular formula is C22H16N2O3. The Morgan fingerprint density at radius 2 is 1.56 bits per heavy atom. The van der Waals surface area contributed by atoms with E-state index in [1.807, 2.05) is 0 Å². The lowest BCUT2D eigenvalue weighted by Crippen LogP contribution is -2.33. The second kappa shape index (κ2) is 5.82. The Kier molecular flexibility index (Phi) is 3.41. The van der Waals surface area contributed by atoms with Gasteiger partial charge in [0.1, 0.15) is 5.75 Å². The van der Waals surface area contributed by atoms with Gasteiger partial charge in [-0.2, -0.15) is 5.26 Å². The van der Waals surface area contributed by atoms with Crippen molar-refractivity contribution < 1.29 is 14.3 Å². The fourth-order valence-corrected chi connectivity index (χ4v) is 4.59. The van der Waals surface area contributed by atoms with Crippen molar-refractivity contribution >= 4 is 17.5 Å². The maximum absolute atomic E-state index is 13.1. The molecule has 2 bridgehead atoms. The summed E-state index contributed by atoms with van der Waals surface area (Å²) in [5, 5.41) is 8.91. The molecule has 5 heteroatoms. The van der Waals surface area contributed by atoms with E-state index in [0.29, 0.717) is 22.7 Å². The highest BCUT2D eigenvalue weighted by atomic mass is 16.5. The zero-order chi connectivity index (χ0) is 18.5. The minimum Gasteiger partial charge on any atom is -0.455 e. The van der Waals surface area contributed by atoms with Crippen LogP contribution in [-0.4, -0.2) is 11.8 Å². The average Bonchev–Trinajstić information content (AvgIpc) is 3.37. The summed E-state index contributed by atoms with van der Waals surface area (Å²) in [5.74, 6) is 0.606. The summed E-state index contributed by atoms with van der Waals surface area (Å²) >= 11 is 0. The SMILES string of the molecule is N#Cc1ccc(Oc2ccccc2N2C(=O)C3C4C=CC(C4)C3C2=O)cc1. The number of nitriles is 1. The van der Waals surface area contributed by atoms with Gasteiger partial charge in [0.25, 0.3) is 0 Å². The fraction of sp³-hybridized carbons (Fsp3) is 0.227. The molecule has 2 aromatic rings. The summed E-state index contributed by atoms with van der Waals surface area (Å²) in [4.78, 5) is 27.4. The molecule has 1 heterocycles. The number of benzene rings is 2. The summed E-state index contributed by atoms with van der Waals surface area (Å²) in [6.45, 7) is 0. The van der Waals surface area contributed by atoms with Crippen LogP contribution in [-0.2, 0) is 9.59 Å². The number of rotatable bonds is 3. The Bertz CT molecular complexity index is 989. The lowest BCUT2D eigenvalue weighted by Gasteiger charge is -2.20. The van der Waals surface area contributed by atoms with Gasteiger partial charge < -0.3 is 4.74 Å². The van der Waals surface area contributed by atoms with E-state index < -0.39 is 0 Å². The summed E-state index contributed by atoms with van der Waals surface area (Å²) in [6.07, 6.45) is 5.07. The number of amides is 2. The molecule has 1 saturated carbocycles. The first kappa shape index (κ1) is 15.8. The van der Waals surface area contributed by atoms with Crippen LogP contribution in [0.1, 0.15) is 12.0 Å². The summed E-state index contributed by atoms with van der Waals surface area (Å²) in [5.41, 5.74) is 1.02. The first-order valence-electron chi connectivity index (χ1n) is 9.00. The maximum Gasteiger partial charge on any atom is 0.238 e. The Labute approximate surface area is 156 Å². The number of carbonyl (C=O) groups excluding carboxylic acids is 2. The van der Waals surface area contributed by atoms with Crippen LogP contribution in [0.2, 0.25) is 0 Å². The minimum atomic E-state index is -0.240. The third kappa shape index (κ3) is 2.30.